The Hall–Kier alpha value is -2.26. The smallest absolute Gasteiger partial charge is 0.349 e. The van der Waals surface area contributed by atoms with E-state index >= 15 is 0 Å². The van der Waals surface area contributed by atoms with Gasteiger partial charge in [-0.25, -0.2) is 9.36 Å². The van der Waals surface area contributed by atoms with Gasteiger partial charge in [0.1, 0.15) is 5.03 Å². The number of hydrogen-bond acceptors (Lipinski definition) is 4. The molecule has 16 heteroatoms. The summed E-state index contributed by atoms with van der Waals surface area (Å²) >= 11 is 8.08. The van der Waals surface area contributed by atoms with Crippen molar-refractivity contribution in [2.45, 2.75) is 41.3 Å². The summed E-state index contributed by atoms with van der Waals surface area (Å²) in [4.78, 5) is 12.4. The van der Waals surface area contributed by atoms with Crippen LogP contribution in [-0.2, 0) is 7.05 Å². The van der Waals surface area contributed by atoms with E-state index in [9.17, 15) is 35.5 Å². The summed E-state index contributed by atoms with van der Waals surface area (Å²) < 4.78 is 93.8. The fourth-order valence-corrected chi connectivity index (χ4v) is 4.88. The molecule has 6 nitrogen and oxygen atoms in total. The minimum absolute atomic E-state index is 0.0180. The number of carbonyl (C=O) groups excluding carboxylic acids is 1. The summed E-state index contributed by atoms with van der Waals surface area (Å²) in [6.45, 7) is 0. The van der Waals surface area contributed by atoms with Crippen LogP contribution < -0.4 is 5.32 Å². The van der Waals surface area contributed by atoms with E-state index in [0.717, 1.165) is 22.2 Å². The minimum Gasteiger partial charge on any atom is -0.349 e. The lowest BCUT2D eigenvalue weighted by Crippen LogP contribution is -2.50. The van der Waals surface area contributed by atoms with Gasteiger partial charge in [-0.2, -0.15) is 40.9 Å². The van der Waals surface area contributed by atoms with Crippen molar-refractivity contribution in [3.05, 3.63) is 45.7 Å². The zero-order valence-corrected chi connectivity index (χ0v) is 21.0. The Morgan fingerprint density at radius 3 is 2.44 bits per heavy atom. The third kappa shape index (κ3) is 4.96. The summed E-state index contributed by atoms with van der Waals surface area (Å²) in [5.41, 5.74) is 1.25. The van der Waals surface area contributed by atoms with Gasteiger partial charge in [0.25, 0.3) is 5.91 Å². The van der Waals surface area contributed by atoms with Gasteiger partial charge in [0.2, 0.25) is 0 Å². The number of hydrogen-bond donors (Lipinski definition) is 1. The molecule has 0 saturated heterocycles. The van der Waals surface area contributed by atoms with E-state index in [1.54, 1.807) is 12.1 Å². The molecule has 0 unspecified atom stereocenters. The zero-order chi connectivity index (χ0) is 26.6. The van der Waals surface area contributed by atoms with Crippen molar-refractivity contribution in [1.29, 1.82) is 0 Å². The molecule has 4 rings (SSSR count). The molecule has 194 valence electrons. The number of benzene rings is 1. The molecular formula is C20H14BrClF7N5OS. The summed E-state index contributed by atoms with van der Waals surface area (Å²) in [6.07, 6.45) is -1.88. The SMILES string of the molecule is Cn1nc(SC(F)(F)C(F)(F)C(F)(F)F)c(Br)c1-n1cc(-c2ccc(Cl)c(C(=O)NC3CC3)c2)cn1. The summed E-state index contributed by atoms with van der Waals surface area (Å²) in [6, 6.07) is 4.79. The van der Waals surface area contributed by atoms with Gasteiger partial charge in [0, 0.05) is 24.8 Å². The first-order valence-electron chi connectivity index (χ1n) is 10.0. The normalized spacial score (nSPS) is 14.8. The quantitative estimate of drug-likeness (QED) is 0.243. The van der Waals surface area contributed by atoms with Gasteiger partial charge in [0.15, 0.2) is 5.82 Å². The highest BCUT2D eigenvalue weighted by Gasteiger charge is 2.73. The van der Waals surface area contributed by atoms with Crippen LogP contribution in [0.2, 0.25) is 5.02 Å². The van der Waals surface area contributed by atoms with Crippen LogP contribution in [0.4, 0.5) is 30.7 Å². The number of rotatable bonds is 7. The molecule has 36 heavy (non-hydrogen) atoms. The largest absolute Gasteiger partial charge is 0.460 e. The van der Waals surface area contributed by atoms with Crippen LogP contribution in [0, 0.1) is 0 Å². The Morgan fingerprint density at radius 1 is 1.17 bits per heavy atom. The number of thioether (sulfide) groups is 1. The molecule has 2 aromatic heterocycles. The molecule has 0 atom stereocenters. The molecular weight excluding hydrogens is 607 g/mol. The Morgan fingerprint density at radius 2 is 1.83 bits per heavy atom. The molecule has 2 heterocycles. The Kier molecular flexibility index (Phi) is 6.88. The second-order valence-corrected chi connectivity index (χ2v) is 10.2. The number of amides is 1. The number of nitrogens with zero attached hydrogens (tertiary/aromatic N) is 4. The molecule has 1 aromatic carbocycles. The lowest BCUT2D eigenvalue weighted by Gasteiger charge is -2.26. The summed E-state index contributed by atoms with van der Waals surface area (Å²) in [7, 11) is 1.27. The molecule has 1 fully saturated rings. The van der Waals surface area contributed by atoms with Crippen molar-refractivity contribution >= 4 is 45.2 Å². The summed E-state index contributed by atoms with van der Waals surface area (Å²) in [5, 5.41) is 4.48. The maximum atomic E-state index is 13.9. The van der Waals surface area contributed by atoms with Gasteiger partial charge in [-0.3, -0.25) is 4.79 Å². The molecule has 1 aliphatic rings. The van der Waals surface area contributed by atoms with E-state index in [1.165, 1.54) is 25.5 Å². The fraction of sp³-hybridized carbons (Fsp3) is 0.350. The second kappa shape index (κ2) is 9.24. The van der Waals surface area contributed by atoms with Crippen LogP contribution >= 0.6 is 39.3 Å². The van der Waals surface area contributed by atoms with Crippen LogP contribution in [0.5, 0.6) is 0 Å². The van der Waals surface area contributed by atoms with E-state index in [-0.39, 0.29) is 32.8 Å². The number of aryl methyl sites for hydroxylation is 1. The van der Waals surface area contributed by atoms with E-state index in [2.05, 4.69) is 31.4 Å². The molecule has 1 aliphatic carbocycles. The lowest BCUT2D eigenvalue weighted by atomic mass is 10.1. The van der Waals surface area contributed by atoms with Gasteiger partial charge >= 0.3 is 17.4 Å². The highest BCUT2D eigenvalue weighted by Crippen LogP contribution is 2.54. The van der Waals surface area contributed by atoms with E-state index in [4.69, 9.17) is 11.6 Å². The topological polar surface area (TPSA) is 64.7 Å². The number of alkyl halides is 7. The van der Waals surface area contributed by atoms with Crippen LogP contribution in [0.25, 0.3) is 16.9 Å². The minimum atomic E-state index is -6.46. The molecule has 1 saturated carbocycles. The van der Waals surface area contributed by atoms with Crippen LogP contribution in [0.15, 0.2) is 40.1 Å². The van der Waals surface area contributed by atoms with Crippen molar-refractivity contribution < 1.29 is 35.5 Å². The number of carbonyl (C=O) groups is 1. The van der Waals surface area contributed by atoms with E-state index < -0.39 is 34.1 Å². The maximum absolute atomic E-state index is 13.9. The van der Waals surface area contributed by atoms with E-state index in [0.29, 0.717) is 11.1 Å². The molecule has 3 aromatic rings. The van der Waals surface area contributed by atoms with Gasteiger partial charge in [0.05, 0.1) is 21.3 Å². The molecule has 1 N–H and O–H groups in total. The third-order valence-corrected chi connectivity index (χ3v) is 7.45. The van der Waals surface area contributed by atoms with Gasteiger partial charge in [-0.15, -0.1) is 0 Å². The van der Waals surface area contributed by atoms with Crippen molar-refractivity contribution in [3.63, 3.8) is 0 Å². The monoisotopic (exact) mass is 619 g/mol. The van der Waals surface area contributed by atoms with Gasteiger partial charge in [-0.05, 0) is 58.2 Å². The van der Waals surface area contributed by atoms with Crippen molar-refractivity contribution in [2.24, 2.45) is 7.05 Å². The lowest BCUT2D eigenvalue weighted by molar-refractivity contribution is -0.330. The zero-order valence-electron chi connectivity index (χ0n) is 17.9. The Bertz CT molecular complexity index is 1320. The fourth-order valence-electron chi connectivity index (χ4n) is 3.09. The predicted octanol–water partition coefficient (Wildman–Crippen LogP) is 6.46. The standard InChI is InChI=1S/C20H14BrClF7N5OS/c1-33-17(14(21)16(32-33)36-20(28,29)18(23,24)19(25,26)27)34-8-10(7-30-34)9-2-5-13(22)12(6-9)15(35)31-11-3-4-11/h2,5-8,11H,3-4H2,1H3,(H,31,35). The van der Waals surface area contributed by atoms with Crippen molar-refractivity contribution in [2.75, 3.05) is 0 Å². The van der Waals surface area contributed by atoms with Crippen molar-refractivity contribution in [3.8, 4) is 16.9 Å². The van der Waals surface area contributed by atoms with Crippen LogP contribution in [0.3, 0.4) is 0 Å². The molecule has 0 aliphatic heterocycles. The Balaban J connectivity index is 1.63. The average Bonchev–Trinajstić information content (AvgIpc) is 3.37. The molecule has 0 spiro atoms. The highest BCUT2D eigenvalue weighted by atomic mass is 79.9. The van der Waals surface area contributed by atoms with E-state index in [1.807, 2.05) is 0 Å². The number of halogens is 9. The van der Waals surface area contributed by atoms with Crippen LogP contribution in [-0.4, -0.2) is 48.9 Å². The van der Waals surface area contributed by atoms with Crippen LogP contribution in [0.1, 0.15) is 23.2 Å². The second-order valence-electron chi connectivity index (χ2n) is 7.87. The average molecular weight is 621 g/mol. The first-order chi connectivity index (χ1) is 16.6. The third-order valence-electron chi connectivity index (χ3n) is 5.13. The van der Waals surface area contributed by atoms with Gasteiger partial charge < -0.3 is 5.32 Å². The highest BCUT2D eigenvalue weighted by molar-refractivity contribution is 9.10. The predicted molar refractivity (Wildman–Crippen MR) is 121 cm³/mol. The number of aromatic nitrogens is 4. The molecule has 0 bridgehead atoms. The Labute approximate surface area is 216 Å². The number of nitrogens with one attached hydrogen (secondary N) is 1. The molecule has 1 amide bonds. The summed E-state index contributed by atoms with van der Waals surface area (Å²) in [5.74, 6) is -6.65. The maximum Gasteiger partial charge on any atom is 0.460 e. The first-order valence-corrected chi connectivity index (χ1v) is 12.0. The van der Waals surface area contributed by atoms with Crippen molar-refractivity contribution in [1.82, 2.24) is 24.9 Å². The first kappa shape index (κ1) is 26.8. The van der Waals surface area contributed by atoms with Gasteiger partial charge in [-0.1, -0.05) is 17.7 Å². The molecule has 0 radical (unpaired) electrons.